The van der Waals surface area contributed by atoms with Crippen LogP contribution in [-0.2, 0) is 0 Å². The molecule has 0 aromatic rings. The van der Waals surface area contributed by atoms with Crippen molar-refractivity contribution in [3.63, 3.8) is 0 Å². The van der Waals surface area contributed by atoms with Crippen molar-refractivity contribution in [3.05, 3.63) is 24.3 Å². The van der Waals surface area contributed by atoms with Crippen LogP contribution < -0.4 is 5.32 Å². The van der Waals surface area contributed by atoms with Crippen LogP contribution in [0.4, 0.5) is 0 Å². The Morgan fingerprint density at radius 1 is 1.00 bits per heavy atom. The van der Waals surface area contributed by atoms with Gasteiger partial charge in [0.05, 0.1) is 0 Å². The van der Waals surface area contributed by atoms with Crippen LogP contribution in [0.2, 0.25) is 0 Å². The second-order valence-corrected chi connectivity index (χ2v) is 1.51. The predicted molar refractivity (Wildman–Crippen MR) is 31.1 cm³/mol. The fraction of sp³-hybridized carbons (Fsp3) is 0.333. The molecule has 1 aliphatic rings. The summed E-state index contributed by atoms with van der Waals surface area (Å²) in [5, 5.41) is 3.17. The first-order chi connectivity index (χ1) is 3.50. The lowest BCUT2D eigenvalue weighted by Crippen LogP contribution is -2.11. The summed E-state index contributed by atoms with van der Waals surface area (Å²) in [4.78, 5) is 0. The SMILES string of the molecule is C1=CCNCC=C1. The molecule has 0 radical (unpaired) electrons. The number of nitrogens with one attached hydrogen (secondary N) is 1. The monoisotopic (exact) mass is 95.1 g/mol. The number of hydrogen-bond acceptors (Lipinski definition) is 1. The lowest BCUT2D eigenvalue weighted by molar-refractivity contribution is 0.849. The van der Waals surface area contributed by atoms with Crippen LogP contribution in [-0.4, -0.2) is 13.1 Å². The van der Waals surface area contributed by atoms with Gasteiger partial charge in [0.2, 0.25) is 0 Å². The number of allylic oxidation sites excluding steroid dienone is 2. The molecule has 0 aliphatic carbocycles. The molecule has 0 atom stereocenters. The van der Waals surface area contributed by atoms with Crippen LogP contribution in [0.25, 0.3) is 0 Å². The van der Waals surface area contributed by atoms with Gasteiger partial charge in [-0.25, -0.2) is 0 Å². The minimum absolute atomic E-state index is 1.01. The van der Waals surface area contributed by atoms with Gasteiger partial charge in [0.25, 0.3) is 0 Å². The molecule has 1 heteroatoms. The summed E-state index contributed by atoms with van der Waals surface area (Å²) in [7, 11) is 0. The van der Waals surface area contributed by atoms with E-state index in [1.165, 1.54) is 0 Å². The maximum absolute atomic E-state index is 3.17. The lowest BCUT2D eigenvalue weighted by Gasteiger charge is -1.88. The highest BCUT2D eigenvalue weighted by molar-refractivity contribution is 5.06. The van der Waals surface area contributed by atoms with Gasteiger partial charge in [-0.2, -0.15) is 0 Å². The first kappa shape index (κ1) is 4.60. The lowest BCUT2D eigenvalue weighted by atomic mass is 10.5. The molecule has 0 aromatic carbocycles. The van der Waals surface area contributed by atoms with Gasteiger partial charge in [-0.1, -0.05) is 24.3 Å². The molecule has 0 unspecified atom stereocenters. The van der Waals surface area contributed by atoms with Crippen LogP contribution in [0.3, 0.4) is 0 Å². The van der Waals surface area contributed by atoms with E-state index < -0.39 is 0 Å². The summed E-state index contributed by atoms with van der Waals surface area (Å²) >= 11 is 0. The minimum atomic E-state index is 1.01. The van der Waals surface area contributed by atoms with E-state index in [0.717, 1.165) is 13.1 Å². The van der Waals surface area contributed by atoms with Crippen molar-refractivity contribution in [2.24, 2.45) is 0 Å². The molecule has 38 valence electrons. The zero-order chi connectivity index (χ0) is 4.95. The summed E-state index contributed by atoms with van der Waals surface area (Å²) < 4.78 is 0. The topological polar surface area (TPSA) is 12.0 Å². The van der Waals surface area contributed by atoms with Gasteiger partial charge in [0, 0.05) is 13.1 Å². The van der Waals surface area contributed by atoms with Crippen molar-refractivity contribution in [3.8, 4) is 0 Å². The van der Waals surface area contributed by atoms with E-state index in [9.17, 15) is 0 Å². The van der Waals surface area contributed by atoms with Crippen molar-refractivity contribution in [1.29, 1.82) is 0 Å². The first-order valence-corrected chi connectivity index (χ1v) is 2.52. The van der Waals surface area contributed by atoms with E-state index in [4.69, 9.17) is 0 Å². The largest absolute Gasteiger partial charge is 0.310 e. The average molecular weight is 95.1 g/mol. The maximum Gasteiger partial charge on any atom is 0.0140 e. The highest BCUT2D eigenvalue weighted by Crippen LogP contribution is 1.79. The molecule has 0 saturated heterocycles. The Morgan fingerprint density at radius 3 is 2.14 bits per heavy atom. The Morgan fingerprint density at radius 2 is 1.57 bits per heavy atom. The van der Waals surface area contributed by atoms with Crippen LogP contribution in [0.5, 0.6) is 0 Å². The summed E-state index contributed by atoms with van der Waals surface area (Å²) in [6.07, 6.45) is 8.31. The van der Waals surface area contributed by atoms with Gasteiger partial charge < -0.3 is 5.32 Å². The molecule has 1 heterocycles. The van der Waals surface area contributed by atoms with Crippen molar-refractivity contribution < 1.29 is 0 Å². The molecule has 0 bridgehead atoms. The number of hydrogen-bond donors (Lipinski definition) is 1. The van der Waals surface area contributed by atoms with Gasteiger partial charge in [-0.15, -0.1) is 0 Å². The molecular formula is C6H9N. The van der Waals surface area contributed by atoms with Gasteiger partial charge in [-0.3, -0.25) is 0 Å². The van der Waals surface area contributed by atoms with Crippen LogP contribution >= 0.6 is 0 Å². The maximum atomic E-state index is 3.17. The third-order valence-electron chi connectivity index (χ3n) is 0.908. The Kier molecular flexibility index (Phi) is 1.70. The van der Waals surface area contributed by atoms with Crippen molar-refractivity contribution in [2.75, 3.05) is 13.1 Å². The third-order valence-corrected chi connectivity index (χ3v) is 0.908. The normalized spacial score (nSPS) is 19.4. The minimum Gasteiger partial charge on any atom is -0.310 e. The summed E-state index contributed by atoms with van der Waals surface area (Å²) in [5.74, 6) is 0. The van der Waals surface area contributed by atoms with E-state index in [1.807, 2.05) is 0 Å². The van der Waals surface area contributed by atoms with Gasteiger partial charge >= 0.3 is 0 Å². The van der Waals surface area contributed by atoms with E-state index in [0.29, 0.717) is 0 Å². The van der Waals surface area contributed by atoms with Crippen LogP contribution in [0.15, 0.2) is 24.3 Å². The second-order valence-electron chi connectivity index (χ2n) is 1.51. The van der Waals surface area contributed by atoms with Crippen LogP contribution in [0.1, 0.15) is 0 Å². The van der Waals surface area contributed by atoms with Crippen molar-refractivity contribution >= 4 is 0 Å². The highest BCUT2D eigenvalue weighted by Gasteiger charge is 1.78. The molecule has 0 amide bonds. The van der Waals surface area contributed by atoms with Crippen LogP contribution in [0, 0.1) is 0 Å². The van der Waals surface area contributed by atoms with E-state index in [1.54, 1.807) is 0 Å². The fourth-order valence-electron chi connectivity index (χ4n) is 0.543. The van der Waals surface area contributed by atoms with Gasteiger partial charge in [0.1, 0.15) is 0 Å². The molecule has 1 aliphatic heterocycles. The van der Waals surface area contributed by atoms with Gasteiger partial charge in [-0.05, 0) is 0 Å². The molecule has 0 fully saturated rings. The number of rotatable bonds is 0. The fourth-order valence-corrected chi connectivity index (χ4v) is 0.543. The molecular weight excluding hydrogens is 86.1 g/mol. The third kappa shape index (κ3) is 1.55. The van der Waals surface area contributed by atoms with Crippen molar-refractivity contribution in [2.45, 2.75) is 0 Å². The molecule has 0 spiro atoms. The highest BCUT2D eigenvalue weighted by atomic mass is 14.8. The second kappa shape index (κ2) is 2.59. The molecule has 1 N–H and O–H groups in total. The summed E-state index contributed by atoms with van der Waals surface area (Å²) in [6, 6.07) is 0. The summed E-state index contributed by atoms with van der Waals surface area (Å²) in [5.41, 5.74) is 0. The smallest absolute Gasteiger partial charge is 0.0140 e. The zero-order valence-corrected chi connectivity index (χ0v) is 4.22. The quantitative estimate of drug-likeness (QED) is 0.467. The summed E-state index contributed by atoms with van der Waals surface area (Å²) in [6.45, 7) is 2.01. The predicted octanol–water partition coefficient (Wildman–Crippen LogP) is 0.702. The Hall–Kier alpha value is -0.560. The van der Waals surface area contributed by atoms with Crippen molar-refractivity contribution in [1.82, 2.24) is 5.32 Å². The molecule has 0 saturated carbocycles. The van der Waals surface area contributed by atoms with E-state index in [2.05, 4.69) is 29.6 Å². The zero-order valence-electron chi connectivity index (χ0n) is 4.22. The van der Waals surface area contributed by atoms with E-state index in [-0.39, 0.29) is 0 Å². The molecule has 1 rings (SSSR count). The Labute approximate surface area is 43.7 Å². The molecule has 0 aromatic heterocycles. The van der Waals surface area contributed by atoms with E-state index >= 15 is 0 Å². The Bertz CT molecular complexity index is 80.4. The average Bonchev–Trinajstić information content (AvgIpc) is 1.90. The molecule has 1 nitrogen and oxygen atoms in total. The van der Waals surface area contributed by atoms with Gasteiger partial charge in [0.15, 0.2) is 0 Å². The first-order valence-electron chi connectivity index (χ1n) is 2.52. The standard InChI is InChI=1S/C6H9N/c1-2-4-6-7-5-3-1/h1-4,7H,5-6H2. The molecule has 7 heavy (non-hydrogen) atoms. The Balaban J connectivity index is 2.39.